The second kappa shape index (κ2) is 8.99. The summed E-state index contributed by atoms with van der Waals surface area (Å²) in [6, 6.07) is 0. The molecule has 1 saturated heterocycles. The number of rotatable bonds is 8. The standard InChI is InChI=1S/C18H30N4O2/c1-4-6-15-16(14(3)23)13(2)21-17(15)18(24)20-7-5-10-22-11-8-19-9-12-22/h19,21H,4-12H2,1-3H3,(H,20,24). The molecule has 0 saturated carbocycles. The van der Waals surface area contributed by atoms with Crippen LogP contribution < -0.4 is 10.6 Å². The summed E-state index contributed by atoms with van der Waals surface area (Å²) in [5.74, 6) is -0.0840. The van der Waals surface area contributed by atoms with Gasteiger partial charge in [-0.05, 0) is 38.8 Å². The van der Waals surface area contributed by atoms with Crippen molar-refractivity contribution in [1.29, 1.82) is 0 Å². The van der Waals surface area contributed by atoms with Crippen LogP contribution >= 0.6 is 0 Å². The Labute approximate surface area is 144 Å². The highest BCUT2D eigenvalue weighted by atomic mass is 16.2. The molecular formula is C18H30N4O2. The Hall–Kier alpha value is -1.66. The normalized spacial score (nSPS) is 15.5. The average Bonchev–Trinajstić information content (AvgIpc) is 2.89. The van der Waals surface area contributed by atoms with E-state index in [0.717, 1.165) is 63.2 Å². The first-order valence-corrected chi connectivity index (χ1v) is 8.98. The van der Waals surface area contributed by atoms with Crippen molar-refractivity contribution in [1.82, 2.24) is 20.5 Å². The summed E-state index contributed by atoms with van der Waals surface area (Å²) in [6.45, 7) is 11.4. The van der Waals surface area contributed by atoms with Crippen molar-refractivity contribution in [3.8, 4) is 0 Å². The van der Waals surface area contributed by atoms with Gasteiger partial charge in [0.2, 0.25) is 0 Å². The van der Waals surface area contributed by atoms with Crippen LogP contribution in [0.2, 0.25) is 0 Å². The number of ketones is 1. The van der Waals surface area contributed by atoms with Crippen molar-refractivity contribution in [3.05, 3.63) is 22.5 Å². The average molecular weight is 334 g/mol. The first-order valence-electron chi connectivity index (χ1n) is 8.98. The molecule has 2 heterocycles. The van der Waals surface area contributed by atoms with Crippen LogP contribution in [-0.2, 0) is 6.42 Å². The molecule has 0 radical (unpaired) electrons. The van der Waals surface area contributed by atoms with Gasteiger partial charge in [-0.3, -0.25) is 9.59 Å². The molecule has 1 aromatic rings. The molecule has 0 aliphatic carbocycles. The third-order valence-corrected chi connectivity index (χ3v) is 4.52. The first kappa shape index (κ1) is 18.7. The van der Waals surface area contributed by atoms with E-state index in [1.807, 2.05) is 6.92 Å². The number of amides is 1. The number of carbonyl (C=O) groups is 2. The van der Waals surface area contributed by atoms with Gasteiger partial charge in [0.1, 0.15) is 5.69 Å². The van der Waals surface area contributed by atoms with Crippen LogP contribution in [0.4, 0.5) is 0 Å². The van der Waals surface area contributed by atoms with Crippen LogP contribution in [0.5, 0.6) is 0 Å². The zero-order valence-electron chi connectivity index (χ0n) is 15.1. The lowest BCUT2D eigenvalue weighted by Gasteiger charge is -2.27. The maximum atomic E-state index is 12.5. The Bertz CT molecular complexity index is 574. The van der Waals surface area contributed by atoms with Crippen molar-refractivity contribution in [2.24, 2.45) is 0 Å². The molecule has 0 unspecified atom stereocenters. The Morgan fingerprint density at radius 1 is 1.25 bits per heavy atom. The fraction of sp³-hybridized carbons (Fsp3) is 0.667. The molecule has 134 valence electrons. The highest BCUT2D eigenvalue weighted by Gasteiger charge is 2.21. The Balaban J connectivity index is 1.91. The van der Waals surface area contributed by atoms with E-state index in [4.69, 9.17) is 0 Å². The SMILES string of the molecule is CCCc1c(C(=O)NCCCN2CCNCC2)[nH]c(C)c1C(C)=O. The summed E-state index contributed by atoms with van der Waals surface area (Å²) < 4.78 is 0. The lowest BCUT2D eigenvalue weighted by Crippen LogP contribution is -2.44. The first-order chi connectivity index (χ1) is 11.5. The number of nitrogens with zero attached hydrogens (tertiary/aromatic N) is 1. The zero-order chi connectivity index (χ0) is 17.5. The summed E-state index contributed by atoms with van der Waals surface area (Å²) in [6.07, 6.45) is 2.58. The third kappa shape index (κ3) is 4.68. The van der Waals surface area contributed by atoms with Crippen LogP contribution in [0.1, 0.15) is 58.8 Å². The fourth-order valence-electron chi connectivity index (χ4n) is 3.37. The minimum Gasteiger partial charge on any atom is -0.354 e. The number of H-pyrrole nitrogens is 1. The van der Waals surface area contributed by atoms with E-state index in [1.165, 1.54) is 0 Å². The quantitative estimate of drug-likeness (QED) is 0.497. The van der Waals surface area contributed by atoms with E-state index in [1.54, 1.807) is 6.92 Å². The Kier molecular flexibility index (Phi) is 6.99. The number of nitrogens with one attached hydrogen (secondary N) is 3. The van der Waals surface area contributed by atoms with Crippen molar-refractivity contribution in [2.45, 2.75) is 40.0 Å². The van der Waals surface area contributed by atoms with Crippen LogP contribution in [0.25, 0.3) is 0 Å². The van der Waals surface area contributed by atoms with Gasteiger partial charge < -0.3 is 20.5 Å². The van der Waals surface area contributed by atoms with E-state index < -0.39 is 0 Å². The molecule has 0 atom stereocenters. The van der Waals surface area contributed by atoms with Crippen LogP contribution in [0, 0.1) is 6.92 Å². The molecule has 1 amide bonds. The van der Waals surface area contributed by atoms with E-state index in [-0.39, 0.29) is 11.7 Å². The number of aromatic amines is 1. The predicted molar refractivity (Wildman–Crippen MR) is 95.8 cm³/mol. The molecule has 1 aliphatic heterocycles. The number of hydrogen-bond acceptors (Lipinski definition) is 4. The zero-order valence-corrected chi connectivity index (χ0v) is 15.1. The molecule has 0 bridgehead atoms. The second-order valence-corrected chi connectivity index (χ2v) is 6.49. The highest BCUT2D eigenvalue weighted by molar-refractivity contribution is 6.02. The predicted octanol–water partition coefficient (Wildman–Crippen LogP) is 1.50. The molecule has 6 nitrogen and oxygen atoms in total. The van der Waals surface area contributed by atoms with Crippen molar-refractivity contribution >= 4 is 11.7 Å². The molecule has 24 heavy (non-hydrogen) atoms. The number of Topliss-reactive ketones (excluding diaryl/α,β-unsaturated/α-hetero) is 1. The van der Waals surface area contributed by atoms with E-state index in [0.29, 0.717) is 17.8 Å². The summed E-state index contributed by atoms with van der Waals surface area (Å²) >= 11 is 0. The Morgan fingerprint density at radius 3 is 2.58 bits per heavy atom. The molecule has 3 N–H and O–H groups in total. The fourth-order valence-corrected chi connectivity index (χ4v) is 3.37. The molecule has 0 aromatic carbocycles. The molecular weight excluding hydrogens is 304 g/mol. The topological polar surface area (TPSA) is 77.2 Å². The minimum absolute atomic E-state index is 0.0185. The van der Waals surface area contributed by atoms with Gasteiger partial charge >= 0.3 is 0 Å². The number of aromatic nitrogens is 1. The molecule has 1 aliphatic rings. The van der Waals surface area contributed by atoms with Gasteiger partial charge in [-0.25, -0.2) is 0 Å². The summed E-state index contributed by atoms with van der Waals surface area (Å²) in [7, 11) is 0. The number of piperazine rings is 1. The monoisotopic (exact) mass is 334 g/mol. The van der Waals surface area contributed by atoms with Crippen molar-refractivity contribution in [3.63, 3.8) is 0 Å². The van der Waals surface area contributed by atoms with E-state index in [9.17, 15) is 9.59 Å². The van der Waals surface area contributed by atoms with Crippen LogP contribution in [0.3, 0.4) is 0 Å². The molecule has 6 heteroatoms. The summed E-state index contributed by atoms with van der Waals surface area (Å²) in [4.78, 5) is 29.9. The molecule has 1 aromatic heterocycles. The lowest BCUT2D eigenvalue weighted by molar-refractivity contribution is 0.0945. The van der Waals surface area contributed by atoms with Gasteiger partial charge in [-0.15, -0.1) is 0 Å². The number of aryl methyl sites for hydroxylation is 1. The maximum absolute atomic E-state index is 12.5. The molecule has 2 rings (SSSR count). The van der Waals surface area contributed by atoms with Crippen LogP contribution in [-0.4, -0.2) is 60.8 Å². The number of carbonyl (C=O) groups excluding carboxylic acids is 2. The maximum Gasteiger partial charge on any atom is 0.268 e. The van der Waals surface area contributed by atoms with Crippen molar-refractivity contribution in [2.75, 3.05) is 39.3 Å². The van der Waals surface area contributed by atoms with Gasteiger partial charge in [-0.2, -0.15) is 0 Å². The van der Waals surface area contributed by atoms with Crippen LogP contribution in [0.15, 0.2) is 0 Å². The van der Waals surface area contributed by atoms with Gasteiger partial charge in [0.15, 0.2) is 5.78 Å². The number of hydrogen-bond donors (Lipinski definition) is 3. The van der Waals surface area contributed by atoms with Gasteiger partial charge in [0.25, 0.3) is 5.91 Å². The smallest absolute Gasteiger partial charge is 0.268 e. The second-order valence-electron chi connectivity index (χ2n) is 6.49. The molecule has 1 fully saturated rings. The van der Waals surface area contributed by atoms with E-state index >= 15 is 0 Å². The van der Waals surface area contributed by atoms with Crippen molar-refractivity contribution < 1.29 is 9.59 Å². The Morgan fingerprint density at radius 2 is 1.96 bits per heavy atom. The molecule has 0 spiro atoms. The lowest BCUT2D eigenvalue weighted by atomic mass is 10.0. The van der Waals surface area contributed by atoms with Gasteiger partial charge in [0.05, 0.1) is 0 Å². The van der Waals surface area contributed by atoms with Gasteiger partial charge in [0, 0.05) is 44.0 Å². The minimum atomic E-state index is -0.102. The van der Waals surface area contributed by atoms with E-state index in [2.05, 4.69) is 27.4 Å². The highest BCUT2D eigenvalue weighted by Crippen LogP contribution is 2.21. The third-order valence-electron chi connectivity index (χ3n) is 4.52. The summed E-state index contributed by atoms with van der Waals surface area (Å²) in [5.41, 5.74) is 2.89. The summed E-state index contributed by atoms with van der Waals surface area (Å²) in [5, 5.41) is 6.33. The largest absolute Gasteiger partial charge is 0.354 e. The van der Waals surface area contributed by atoms with Gasteiger partial charge in [-0.1, -0.05) is 13.3 Å².